The SMILES string of the molecule is CCNC(=O)[C@@H](C)N(Cc1cccc(Cl)c1)C(=O)CN(c1cccc(Cl)c1Cl)S(C)(=O)=O. The van der Waals surface area contributed by atoms with Gasteiger partial charge < -0.3 is 10.2 Å². The van der Waals surface area contributed by atoms with Crippen LogP contribution in [0.1, 0.15) is 19.4 Å². The van der Waals surface area contributed by atoms with E-state index in [0.717, 1.165) is 10.6 Å². The maximum absolute atomic E-state index is 13.3. The van der Waals surface area contributed by atoms with Gasteiger partial charge in [-0.15, -0.1) is 0 Å². The molecule has 11 heteroatoms. The first kappa shape index (κ1) is 26.3. The van der Waals surface area contributed by atoms with Crippen molar-refractivity contribution in [1.29, 1.82) is 0 Å². The summed E-state index contributed by atoms with van der Waals surface area (Å²) in [7, 11) is -3.90. The molecule has 0 aromatic heterocycles. The van der Waals surface area contributed by atoms with Crippen molar-refractivity contribution in [3.05, 3.63) is 63.1 Å². The number of likely N-dealkylation sites (N-methyl/N-ethyl adjacent to an activating group) is 1. The van der Waals surface area contributed by atoms with E-state index in [2.05, 4.69) is 5.32 Å². The average molecular weight is 521 g/mol. The van der Waals surface area contributed by atoms with Crippen LogP contribution in [-0.2, 0) is 26.2 Å². The van der Waals surface area contributed by atoms with Crippen molar-refractivity contribution in [3.8, 4) is 0 Å². The van der Waals surface area contributed by atoms with Crippen molar-refractivity contribution >= 4 is 62.3 Å². The zero-order valence-electron chi connectivity index (χ0n) is 17.8. The smallest absolute Gasteiger partial charge is 0.244 e. The van der Waals surface area contributed by atoms with Crippen LogP contribution < -0.4 is 9.62 Å². The van der Waals surface area contributed by atoms with Crippen LogP contribution in [0.4, 0.5) is 5.69 Å². The van der Waals surface area contributed by atoms with E-state index >= 15 is 0 Å². The number of hydrogen-bond donors (Lipinski definition) is 1. The third kappa shape index (κ3) is 6.75. The van der Waals surface area contributed by atoms with Gasteiger partial charge in [-0.05, 0) is 43.7 Å². The van der Waals surface area contributed by atoms with Crippen LogP contribution >= 0.6 is 34.8 Å². The Balaban J connectivity index is 2.43. The molecule has 7 nitrogen and oxygen atoms in total. The number of carbonyl (C=O) groups is 2. The molecule has 0 heterocycles. The highest BCUT2D eigenvalue weighted by atomic mass is 35.5. The standard InChI is InChI=1S/C21H24Cl3N3O4S/c1-4-25-21(29)14(2)26(12-15-7-5-8-16(22)11-15)19(28)13-27(32(3,30)31)18-10-6-9-17(23)20(18)24/h5-11,14H,4,12-13H2,1-3H3,(H,25,29)/t14-/m1/s1. The molecular weight excluding hydrogens is 497 g/mol. The van der Waals surface area contributed by atoms with Crippen LogP contribution in [0.25, 0.3) is 0 Å². The molecule has 2 rings (SSSR count). The van der Waals surface area contributed by atoms with Gasteiger partial charge in [0.1, 0.15) is 12.6 Å². The Morgan fingerprint density at radius 2 is 1.75 bits per heavy atom. The number of anilines is 1. The van der Waals surface area contributed by atoms with E-state index in [4.69, 9.17) is 34.8 Å². The van der Waals surface area contributed by atoms with Crippen molar-refractivity contribution < 1.29 is 18.0 Å². The molecule has 2 amide bonds. The summed E-state index contributed by atoms with van der Waals surface area (Å²) in [6.07, 6.45) is 0.964. The van der Waals surface area contributed by atoms with Gasteiger partial charge >= 0.3 is 0 Å². The molecule has 32 heavy (non-hydrogen) atoms. The number of sulfonamides is 1. The van der Waals surface area contributed by atoms with E-state index in [0.29, 0.717) is 17.1 Å². The minimum absolute atomic E-state index is 0.00515. The van der Waals surface area contributed by atoms with E-state index in [1.54, 1.807) is 38.1 Å². The Morgan fingerprint density at radius 1 is 1.09 bits per heavy atom. The van der Waals surface area contributed by atoms with Crippen molar-refractivity contribution in [1.82, 2.24) is 10.2 Å². The van der Waals surface area contributed by atoms with Crippen molar-refractivity contribution in [2.75, 3.05) is 23.7 Å². The van der Waals surface area contributed by atoms with Crippen LogP contribution in [0.5, 0.6) is 0 Å². The molecule has 2 aromatic rings. The summed E-state index contributed by atoms with van der Waals surface area (Å²) in [5.41, 5.74) is 0.761. The lowest BCUT2D eigenvalue weighted by atomic mass is 10.1. The molecule has 1 atom stereocenters. The molecule has 1 N–H and O–H groups in total. The van der Waals surface area contributed by atoms with Gasteiger partial charge in [0, 0.05) is 18.1 Å². The van der Waals surface area contributed by atoms with Crippen LogP contribution in [0.2, 0.25) is 15.1 Å². The molecular formula is C21H24Cl3N3O4S. The van der Waals surface area contributed by atoms with Gasteiger partial charge in [-0.25, -0.2) is 8.42 Å². The number of nitrogens with zero attached hydrogens (tertiary/aromatic N) is 2. The lowest BCUT2D eigenvalue weighted by Crippen LogP contribution is -2.51. The summed E-state index contributed by atoms with van der Waals surface area (Å²) in [6, 6.07) is 10.5. The van der Waals surface area contributed by atoms with Gasteiger partial charge in [-0.1, -0.05) is 53.0 Å². The third-order valence-corrected chi connectivity index (χ3v) is 6.81. The van der Waals surface area contributed by atoms with Crippen LogP contribution in [0, 0.1) is 0 Å². The monoisotopic (exact) mass is 519 g/mol. The van der Waals surface area contributed by atoms with Crippen molar-refractivity contribution in [2.24, 2.45) is 0 Å². The van der Waals surface area contributed by atoms with Crippen molar-refractivity contribution in [2.45, 2.75) is 26.4 Å². The summed E-state index contributed by atoms with van der Waals surface area (Å²) in [6.45, 7) is 3.21. The average Bonchev–Trinajstić information content (AvgIpc) is 2.71. The number of amides is 2. The molecule has 0 radical (unpaired) electrons. The van der Waals surface area contributed by atoms with E-state index < -0.39 is 28.5 Å². The first-order valence-corrected chi connectivity index (χ1v) is 12.7. The van der Waals surface area contributed by atoms with Crippen LogP contribution in [0.3, 0.4) is 0 Å². The molecule has 0 saturated heterocycles. The number of nitrogens with one attached hydrogen (secondary N) is 1. The van der Waals surface area contributed by atoms with Gasteiger partial charge in [0.2, 0.25) is 21.8 Å². The number of halogens is 3. The lowest BCUT2D eigenvalue weighted by Gasteiger charge is -2.31. The van der Waals surface area contributed by atoms with Gasteiger partial charge in [0.25, 0.3) is 0 Å². The number of hydrogen-bond acceptors (Lipinski definition) is 4. The van der Waals surface area contributed by atoms with E-state index in [9.17, 15) is 18.0 Å². The molecule has 0 aliphatic heterocycles. The normalized spacial score (nSPS) is 12.2. The van der Waals surface area contributed by atoms with Crippen LogP contribution in [-0.4, -0.2) is 50.5 Å². The Hall–Kier alpha value is -2.00. The van der Waals surface area contributed by atoms with Gasteiger partial charge in [0.05, 0.1) is 22.0 Å². The summed E-state index contributed by atoms with van der Waals surface area (Å²) in [4.78, 5) is 27.1. The fourth-order valence-electron chi connectivity index (χ4n) is 3.02. The minimum Gasteiger partial charge on any atom is -0.355 e. The van der Waals surface area contributed by atoms with Crippen molar-refractivity contribution in [3.63, 3.8) is 0 Å². The maximum Gasteiger partial charge on any atom is 0.244 e. The molecule has 2 aromatic carbocycles. The van der Waals surface area contributed by atoms with E-state index in [1.807, 2.05) is 0 Å². The quantitative estimate of drug-likeness (QED) is 0.542. The second kappa shape index (κ2) is 11.2. The first-order chi connectivity index (χ1) is 15.0. The molecule has 0 fully saturated rings. The highest BCUT2D eigenvalue weighted by molar-refractivity contribution is 7.92. The topological polar surface area (TPSA) is 86.8 Å². The maximum atomic E-state index is 13.3. The summed E-state index contributed by atoms with van der Waals surface area (Å²) in [5.74, 6) is -0.959. The van der Waals surface area contributed by atoms with Gasteiger partial charge in [-0.2, -0.15) is 0 Å². The van der Waals surface area contributed by atoms with Crippen LogP contribution in [0.15, 0.2) is 42.5 Å². The van der Waals surface area contributed by atoms with Gasteiger partial charge in [0.15, 0.2) is 0 Å². The Morgan fingerprint density at radius 3 is 2.34 bits per heavy atom. The third-order valence-electron chi connectivity index (χ3n) is 4.64. The zero-order chi connectivity index (χ0) is 24.1. The Bertz CT molecular complexity index is 1100. The Kier molecular flexibility index (Phi) is 9.21. The molecule has 0 bridgehead atoms. The zero-order valence-corrected chi connectivity index (χ0v) is 20.9. The highest BCUT2D eigenvalue weighted by Gasteiger charge is 2.30. The largest absolute Gasteiger partial charge is 0.355 e. The molecule has 0 unspecified atom stereocenters. The molecule has 0 spiro atoms. The second-order valence-electron chi connectivity index (χ2n) is 7.06. The number of benzene rings is 2. The lowest BCUT2D eigenvalue weighted by molar-refractivity contribution is -0.139. The van der Waals surface area contributed by atoms with Gasteiger partial charge in [-0.3, -0.25) is 13.9 Å². The van der Waals surface area contributed by atoms with E-state index in [-0.39, 0.29) is 28.2 Å². The van der Waals surface area contributed by atoms with E-state index in [1.165, 1.54) is 23.1 Å². The molecule has 0 aliphatic rings. The highest BCUT2D eigenvalue weighted by Crippen LogP contribution is 2.33. The summed E-state index contributed by atoms with van der Waals surface area (Å²) >= 11 is 18.3. The predicted molar refractivity (Wildman–Crippen MR) is 129 cm³/mol. The molecule has 174 valence electrons. The minimum atomic E-state index is -3.90. The Labute approximate surface area is 203 Å². The second-order valence-corrected chi connectivity index (χ2v) is 10.2. The fourth-order valence-corrected chi connectivity index (χ4v) is 4.53. The molecule has 0 aliphatic carbocycles. The molecule has 0 saturated carbocycles. The number of rotatable bonds is 9. The summed E-state index contributed by atoms with van der Waals surface area (Å²) in [5, 5.41) is 3.31. The summed E-state index contributed by atoms with van der Waals surface area (Å²) < 4.78 is 25.9. The predicted octanol–water partition coefficient (Wildman–Crippen LogP) is 3.97. The fraction of sp³-hybridized carbons (Fsp3) is 0.333. The number of carbonyl (C=O) groups excluding carboxylic acids is 2. The first-order valence-electron chi connectivity index (χ1n) is 9.69.